The van der Waals surface area contributed by atoms with Crippen molar-refractivity contribution < 1.29 is 14.3 Å². The van der Waals surface area contributed by atoms with Gasteiger partial charge in [0.05, 0.1) is 11.3 Å². The average molecular weight is 546 g/mol. The molecule has 0 amide bonds. The molecule has 0 spiro atoms. The molecule has 196 valence electrons. The van der Waals surface area contributed by atoms with Crippen LogP contribution in [0.1, 0.15) is 22.5 Å². The predicted molar refractivity (Wildman–Crippen MR) is 143 cm³/mol. The number of aromatic nitrogens is 5. The highest BCUT2D eigenvalue weighted by Gasteiger charge is 2.27. The first-order valence-corrected chi connectivity index (χ1v) is 12.8. The molecule has 4 aromatic heterocycles. The molecule has 2 aliphatic heterocycles. The molecule has 37 heavy (non-hydrogen) atoms. The molecule has 4 aromatic rings. The number of piperazine rings is 1. The van der Waals surface area contributed by atoms with E-state index in [2.05, 4.69) is 34.8 Å². The lowest BCUT2D eigenvalue weighted by atomic mass is 9.97. The zero-order valence-electron chi connectivity index (χ0n) is 20.1. The third-order valence-corrected chi connectivity index (χ3v) is 7.90. The van der Waals surface area contributed by atoms with Gasteiger partial charge in [0.15, 0.2) is 5.76 Å². The van der Waals surface area contributed by atoms with Gasteiger partial charge in [0.25, 0.3) is 5.78 Å². The van der Waals surface area contributed by atoms with Crippen molar-refractivity contribution in [1.82, 2.24) is 29.5 Å². The number of thiophene rings is 1. The second kappa shape index (κ2) is 10.5. The van der Waals surface area contributed by atoms with E-state index >= 15 is 0 Å². The molecule has 0 unspecified atom stereocenters. The Balaban J connectivity index is 0.00000280. The summed E-state index contributed by atoms with van der Waals surface area (Å²) in [6.45, 7) is 6.48. The Hall–Kier alpha value is -3.42. The second-order valence-corrected chi connectivity index (χ2v) is 10.3. The maximum atomic E-state index is 11.2. The van der Waals surface area contributed by atoms with Crippen molar-refractivity contribution in [3.63, 3.8) is 0 Å². The number of hydrogen-bond donors (Lipinski definition) is 2. The van der Waals surface area contributed by atoms with Crippen LogP contribution in [0.5, 0.6) is 0 Å². The summed E-state index contributed by atoms with van der Waals surface area (Å²) in [5, 5.41) is 14.6. The number of nitrogens with zero attached hydrogens (tertiary/aromatic N) is 8. The molecule has 0 aromatic carbocycles. The summed E-state index contributed by atoms with van der Waals surface area (Å²) in [7, 11) is 0. The van der Waals surface area contributed by atoms with Gasteiger partial charge in [-0.25, -0.2) is 4.79 Å². The zero-order chi connectivity index (χ0) is 24.6. The summed E-state index contributed by atoms with van der Waals surface area (Å²) in [4.78, 5) is 32.2. The van der Waals surface area contributed by atoms with Crippen LogP contribution in [0, 0.1) is 5.92 Å². The molecular formula is C23H28ClN9O3S. The largest absolute Gasteiger partial charge is 0.477 e. The normalized spacial score (nSPS) is 18.8. The summed E-state index contributed by atoms with van der Waals surface area (Å²) in [6, 6.07) is 7.18. The minimum atomic E-state index is -0.862. The lowest BCUT2D eigenvalue weighted by molar-refractivity contribution is 0.0702. The first-order valence-electron chi connectivity index (χ1n) is 12.0. The molecule has 1 atom stereocenters. The van der Waals surface area contributed by atoms with Crippen LogP contribution in [0.4, 0.5) is 16.9 Å². The van der Waals surface area contributed by atoms with Crippen molar-refractivity contribution >= 4 is 52.4 Å². The molecule has 2 aliphatic rings. The SMILES string of the molecule is Cl.Nc1nc(N2CCC[C@@H](CN3CCN(c4ccc(C(=O)O)s4)CC3)C2)nc2nc(-c3ccco3)nn12. The molecule has 12 nitrogen and oxygen atoms in total. The number of furan rings is 1. The van der Waals surface area contributed by atoms with E-state index in [-0.39, 0.29) is 18.4 Å². The number of aromatic carboxylic acids is 1. The van der Waals surface area contributed by atoms with Crippen LogP contribution in [-0.4, -0.2) is 86.4 Å². The molecule has 3 N–H and O–H groups in total. The summed E-state index contributed by atoms with van der Waals surface area (Å²) in [6.07, 6.45) is 3.80. The van der Waals surface area contributed by atoms with Crippen molar-refractivity contribution in [2.24, 2.45) is 5.92 Å². The van der Waals surface area contributed by atoms with E-state index in [9.17, 15) is 9.90 Å². The smallest absolute Gasteiger partial charge is 0.345 e. The van der Waals surface area contributed by atoms with Gasteiger partial charge < -0.3 is 25.1 Å². The number of carboxylic acids is 1. The Morgan fingerprint density at radius 2 is 1.95 bits per heavy atom. The minimum Gasteiger partial charge on any atom is -0.477 e. The zero-order valence-corrected chi connectivity index (χ0v) is 21.7. The maximum Gasteiger partial charge on any atom is 0.345 e. The monoisotopic (exact) mass is 545 g/mol. The predicted octanol–water partition coefficient (Wildman–Crippen LogP) is 2.58. The Morgan fingerprint density at radius 1 is 1.11 bits per heavy atom. The molecule has 0 aliphatic carbocycles. The third-order valence-electron chi connectivity index (χ3n) is 6.77. The van der Waals surface area contributed by atoms with Crippen LogP contribution in [0.15, 0.2) is 34.9 Å². The van der Waals surface area contributed by atoms with Gasteiger partial charge in [0.2, 0.25) is 17.7 Å². The van der Waals surface area contributed by atoms with E-state index in [0.29, 0.717) is 34.1 Å². The Bertz CT molecular complexity index is 1370. The summed E-state index contributed by atoms with van der Waals surface area (Å²) in [5.74, 6) is 1.86. The van der Waals surface area contributed by atoms with Gasteiger partial charge in [-0.15, -0.1) is 28.8 Å². The quantitative estimate of drug-likeness (QED) is 0.369. The number of nitrogens with two attached hydrogens (primary N) is 1. The number of rotatable bonds is 6. The van der Waals surface area contributed by atoms with Crippen LogP contribution in [0.3, 0.4) is 0 Å². The summed E-state index contributed by atoms with van der Waals surface area (Å²) >= 11 is 1.35. The van der Waals surface area contributed by atoms with Gasteiger partial charge in [-0.2, -0.15) is 19.5 Å². The van der Waals surface area contributed by atoms with Crippen molar-refractivity contribution in [1.29, 1.82) is 0 Å². The Labute approximate surface area is 223 Å². The van der Waals surface area contributed by atoms with E-state index in [1.54, 1.807) is 24.5 Å². The van der Waals surface area contributed by atoms with Crippen LogP contribution in [-0.2, 0) is 0 Å². The Kier molecular flexibility index (Phi) is 7.17. The van der Waals surface area contributed by atoms with Crippen LogP contribution in [0.25, 0.3) is 17.4 Å². The molecule has 0 bridgehead atoms. The van der Waals surface area contributed by atoms with E-state index in [0.717, 1.165) is 63.7 Å². The fraction of sp³-hybridized carbons (Fsp3) is 0.435. The molecule has 2 saturated heterocycles. The summed E-state index contributed by atoms with van der Waals surface area (Å²) in [5.41, 5.74) is 6.20. The van der Waals surface area contributed by atoms with Gasteiger partial charge in [-0.1, -0.05) is 0 Å². The van der Waals surface area contributed by atoms with Gasteiger partial charge in [-0.05, 0) is 43.0 Å². The standard InChI is InChI=1S/C23H27N9O3S.ClH/c24-21-26-22(27-23-25-19(28-32(21)23)16-4-2-12-35-16)31-7-1-3-15(14-31)13-29-8-10-30(11-9-29)18-6-5-17(36-18)20(33)34;/h2,4-6,12,15H,1,3,7-11,13-14H2,(H,33,34)(H2,24,25,26,27,28);1H/t15-;/m0./s1. The number of halogens is 1. The summed E-state index contributed by atoms with van der Waals surface area (Å²) < 4.78 is 6.84. The van der Waals surface area contributed by atoms with Gasteiger partial charge >= 0.3 is 5.97 Å². The van der Waals surface area contributed by atoms with Crippen molar-refractivity contribution in [3.8, 4) is 11.6 Å². The number of hydrogen-bond acceptors (Lipinski definition) is 11. The average Bonchev–Trinajstić information content (AvgIpc) is 3.65. The lowest BCUT2D eigenvalue weighted by Gasteiger charge is -2.39. The van der Waals surface area contributed by atoms with E-state index in [1.807, 2.05) is 6.07 Å². The van der Waals surface area contributed by atoms with Crippen LogP contribution in [0.2, 0.25) is 0 Å². The first-order chi connectivity index (χ1) is 17.5. The second-order valence-electron chi connectivity index (χ2n) is 9.19. The number of fused-ring (bicyclic) bond motifs is 1. The fourth-order valence-corrected chi connectivity index (χ4v) is 5.87. The van der Waals surface area contributed by atoms with Crippen molar-refractivity contribution in [2.45, 2.75) is 12.8 Å². The topological polar surface area (TPSA) is 142 Å². The highest BCUT2D eigenvalue weighted by atomic mass is 35.5. The Morgan fingerprint density at radius 3 is 2.68 bits per heavy atom. The van der Waals surface area contributed by atoms with Crippen LogP contribution >= 0.6 is 23.7 Å². The van der Waals surface area contributed by atoms with E-state index in [1.165, 1.54) is 15.9 Å². The number of carbonyl (C=O) groups is 1. The molecule has 14 heteroatoms. The molecule has 2 fully saturated rings. The van der Waals surface area contributed by atoms with Gasteiger partial charge in [-0.3, -0.25) is 4.90 Å². The highest BCUT2D eigenvalue weighted by molar-refractivity contribution is 7.17. The van der Waals surface area contributed by atoms with E-state index < -0.39 is 5.97 Å². The molecule has 0 saturated carbocycles. The van der Waals surface area contributed by atoms with Crippen molar-refractivity contribution in [3.05, 3.63) is 35.4 Å². The minimum absolute atomic E-state index is 0. The molecular weight excluding hydrogens is 518 g/mol. The molecule has 0 radical (unpaired) electrons. The van der Waals surface area contributed by atoms with Crippen LogP contribution < -0.4 is 15.5 Å². The maximum absolute atomic E-state index is 11.2. The van der Waals surface area contributed by atoms with E-state index in [4.69, 9.17) is 10.2 Å². The lowest BCUT2D eigenvalue weighted by Crippen LogP contribution is -2.49. The number of piperidine rings is 1. The van der Waals surface area contributed by atoms with Crippen molar-refractivity contribution in [2.75, 3.05) is 61.3 Å². The number of carboxylic acid groups (broad SMARTS) is 1. The van der Waals surface area contributed by atoms with Gasteiger partial charge in [0.1, 0.15) is 4.88 Å². The molecule has 6 heterocycles. The fourth-order valence-electron chi connectivity index (χ4n) is 4.97. The highest BCUT2D eigenvalue weighted by Crippen LogP contribution is 2.28. The third kappa shape index (κ3) is 5.20. The molecule has 6 rings (SSSR count). The van der Waals surface area contributed by atoms with Gasteiger partial charge in [0, 0.05) is 45.8 Å². The number of anilines is 3. The first kappa shape index (κ1) is 25.2. The number of nitrogen functional groups attached to an aromatic ring is 1.